The lowest BCUT2D eigenvalue weighted by molar-refractivity contribution is 0.812. The molecule has 0 fully saturated rings. The Labute approximate surface area is 111 Å². The van der Waals surface area contributed by atoms with E-state index in [0.29, 0.717) is 6.54 Å². The molecule has 0 saturated heterocycles. The Morgan fingerprint density at radius 2 is 2.12 bits per heavy atom. The van der Waals surface area contributed by atoms with E-state index in [1.807, 2.05) is 0 Å². The van der Waals surface area contributed by atoms with E-state index >= 15 is 0 Å². The van der Waals surface area contributed by atoms with Crippen LogP contribution in [0.1, 0.15) is 11.4 Å². The standard InChI is InChI=1S/C11H11N3S3/c12-4-1-2-10-13-14-11(17-10)9-6-8-7(16-9)3-5-15-8/h3,5-6H,1-2,4,12H2. The molecule has 3 nitrogen and oxygen atoms in total. The Balaban J connectivity index is 1.88. The Morgan fingerprint density at radius 1 is 1.18 bits per heavy atom. The lowest BCUT2D eigenvalue weighted by Crippen LogP contribution is -1.99. The molecule has 0 aliphatic rings. The fourth-order valence-electron chi connectivity index (χ4n) is 1.58. The molecule has 0 unspecified atom stereocenters. The van der Waals surface area contributed by atoms with Gasteiger partial charge in [-0.3, -0.25) is 0 Å². The van der Waals surface area contributed by atoms with Crippen LogP contribution in [0.5, 0.6) is 0 Å². The monoisotopic (exact) mass is 281 g/mol. The van der Waals surface area contributed by atoms with Gasteiger partial charge in [-0.1, -0.05) is 11.3 Å². The average Bonchev–Trinajstić information content (AvgIpc) is 3.00. The van der Waals surface area contributed by atoms with E-state index < -0.39 is 0 Å². The highest BCUT2D eigenvalue weighted by atomic mass is 32.1. The van der Waals surface area contributed by atoms with Crippen LogP contribution in [-0.4, -0.2) is 16.7 Å². The maximum atomic E-state index is 5.49. The summed E-state index contributed by atoms with van der Waals surface area (Å²) < 4.78 is 2.67. The average molecular weight is 281 g/mol. The largest absolute Gasteiger partial charge is 0.330 e. The van der Waals surface area contributed by atoms with Gasteiger partial charge in [0.2, 0.25) is 0 Å². The van der Waals surface area contributed by atoms with Gasteiger partial charge in [0.1, 0.15) is 5.01 Å². The van der Waals surface area contributed by atoms with Crippen LogP contribution in [-0.2, 0) is 6.42 Å². The zero-order chi connectivity index (χ0) is 11.7. The summed E-state index contributed by atoms with van der Waals surface area (Å²) in [5, 5.41) is 12.7. The Bertz CT molecular complexity index is 594. The summed E-state index contributed by atoms with van der Waals surface area (Å²) in [7, 11) is 0. The lowest BCUT2D eigenvalue weighted by atomic mass is 10.3. The number of thiophene rings is 2. The molecule has 17 heavy (non-hydrogen) atoms. The molecule has 3 aromatic rings. The predicted octanol–water partition coefficient (Wildman–Crippen LogP) is 3.37. The molecule has 2 N–H and O–H groups in total. The molecule has 0 spiro atoms. The Hall–Kier alpha value is -0.820. The highest BCUT2D eigenvalue weighted by Crippen LogP contribution is 2.37. The Morgan fingerprint density at radius 3 is 2.94 bits per heavy atom. The number of hydrogen-bond acceptors (Lipinski definition) is 6. The molecule has 0 radical (unpaired) electrons. The first kappa shape index (κ1) is 11.3. The van der Waals surface area contributed by atoms with Gasteiger partial charge in [-0.2, -0.15) is 0 Å². The van der Waals surface area contributed by atoms with Crippen LogP contribution in [0.15, 0.2) is 17.5 Å². The first-order valence-corrected chi connectivity index (χ1v) is 7.88. The van der Waals surface area contributed by atoms with E-state index in [1.54, 1.807) is 34.0 Å². The molecular weight excluding hydrogens is 270 g/mol. The van der Waals surface area contributed by atoms with Crippen molar-refractivity contribution in [3.05, 3.63) is 22.5 Å². The molecule has 0 bridgehead atoms. The van der Waals surface area contributed by atoms with E-state index in [2.05, 4.69) is 27.7 Å². The summed E-state index contributed by atoms with van der Waals surface area (Å²) >= 11 is 5.24. The van der Waals surface area contributed by atoms with E-state index in [1.165, 1.54) is 14.3 Å². The van der Waals surface area contributed by atoms with Crippen molar-refractivity contribution in [2.45, 2.75) is 12.8 Å². The SMILES string of the molecule is NCCCc1nnc(-c2cc3sccc3s2)s1. The predicted molar refractivity (Wildman–Crippen MR) is 76.0 cm³/mol. The Kier molecular flexibility index (Phi) is 3.19. The smallest absolute Gasteiger partial charge is 0.157 e. The minimum Gasteiger partial charge on any atom is -0.330 e. The zero-order valence-electron chi connectivity index (χ0n) is 9.05. The summed E-state index contributed by atoms with van der Waals surface area (Å²) in [6, 6.07) is 4.36. The van der Waals surface area contributed by atoms with Crippen LogP contribution >= 0.6 is 34.0 Å². The lowest BCUT2D eigenvalue weighted by Gasteiger charge is -1.89. The number of rotatable bonds is 4. The molecule has 0 aliphatic heterocycles. The number of aromatic nitrogens is 2. The third kappa shape index (κ3) is 2.26. The normalized spacial score (nSPS) is 11.4. The molecule has 0 amide bonds. The van der Waals surface area contributed by atoms with Crippen LogP contribution in [0.3, 0.4) is 0 Å². The van der Waals surface area contributed by atoms with Crippen LogP contribution in [0.25, 0.3) is 19.3 Å². The molecule has 3 heterocycles. The number of nitrogens with two attached hydrogens (primary N) is 1. The van der Waals surface area contributed by atoms with Crippen LogP contribution in [0.4, 0.5) is 0 Å². The van der Waals surface area contributed by atoms with Crippen molar-refractivity contribution in [1.82, 2.24) is 10.2 Å². The summed E-state index contributed by atoms with van der Waals surface area (Å²) in [5.74, 6) is 0. The van der Waals surface area contributed by atoms with Crippen molar-refractivity contribution in [1.29, 1.82) is 0 Å². The first-order valence-electron chi connectivity index (χ1n) is 5.36. The molecule has 6 heteroatoms. The fourth-order valence-corrected chi connectivity index (χ4v) is 4.61. The second kappa shape index (κ2) is 4.81. The van der Waals surface area contributed by atoms with Crippen LogP contribution in [0, 0.1) is 0 Å². The molecule has 88 valence electrons. The van der Waals surface area contributed by atoms with Crippen molar-refractivity contribution in [3.63, 3.8) is 0 Å². The fraction of sp³-hybridized carbons (Fsp3) is 0.273. The third-order valence-corrected chi connectivity index (χ3v) is 5.66. The van der Waals surface area contributed by atoms with Gasteiger partial charge in [-0.05, 0) is 30.5 Å². The molecule has 0 atom stereocenters. The molecule has 3 aromatic heterocycles. The highest BCUT2D eigenvalue weighted by molar-refractivity contribution is 7.30. The van der Waals surface area contributed by atoms with Gasteiger partial charge in [0.25, 0.3) is 0 Å². The van der Waals surface area contributed by atoms with Gasteiger partial charge in [0.05, 0.1) is 4.88 Å². The van der Waals surface area contributed by atoms with Crippen molar-refractivity contribution in [3.8, 4) is 9.88 Å². The number of nitrogens with zero attached hydrogens (tertiary/aromatic N) is 2. The van der Waals surface area contributed by atoms with E-state index in [9.17, 15) is 0 Å². The van der Waals surface area contributed by atoms with Crippen molar-refractivity contribution in [2.75, 3.05) is 6.54 Å². The molecule has 3 rings (SSSR count). The van der Waals surface area contributed by atoms with Gasteiger partial charge < -0.3 is 5.73 Å². The molecule has 0 aromatic carbocycles. The van der Waals surface area contributed by atoms with Crippen molar-refractivity contribution < 1.29 is 0 Å². The van der Waals surface area contributed by atoms with Gasteiger partial charge in [-0.25, -0.2) is 0 Å². The van der Waals surface area contributed by atoms with Crippen LogP contribution < -0.4 is 5.73 Å². The number of hydrogen-bond donors (Lipinski definition) is 1. The second-order valence-corrected chi connectivity index (χ2v) is 6.75. The highest BCUT2D eigenvalue weighted by Gasteiger charge is 2.10. The second-order valence-electron chi connectivity index (χ2n) is 3.65. The zero-order valence-corrected chi connectivity index (χ0v) is 11.5. The van der Waals surface area contributed by atoms with Gasteiger partial charge in [0, 0.05) is 15.8 Å². The minimum absolute atomic E-state index is 0.712. The third-order valence-electron chi connectivity index (χ3n) is 2.41. The van der Waals surface area contributed by atoms with E-state index in [0.717, 1.165) is 22.9 Å². The maximum absolute atomic E-state index is 5.49. The number of aryl methyl sites for hydroxylation is 1. The summed E-state index contributed by atoms with van der Waals surface area (Å²) in [6.45, 7) is 0.712. The van der Waals surface area contributed by atoms with Crippen LogP contribution in [0.2, 0.25) is 0 Å². The topological polar surface area (TPSA) is 51.8 Å². The molecule has 0 saturated carbocycles. The first-order chi connectivity index (χ1) is 8.36. The van der Waals surface area contributed by atoms with E-state index in [4.69, 9.17) is 5.73 Å². The number of fused-ring (bicyclic) bond motifs is 1. The summed E-state index contributed by atoms with van der Waals surface area (Å²) in [5.41, 5.74) is 5.49. The van der Waals surface area contributed by atoms with E-state index in [-0.39, 0.29) is 0 Å². The van der Waals surface area contributed by atoms with Gasteiger partial charge in [-0.15, -0.1) is 32.9 Å². The molecular formula is C11H11N3S3. The quantitative estimate of drug-likeness (QED) is 0.797. The minimum atomic E-state index is 0.712. The van der Waals surface area contributed by atoms with Crippen molar-refractivity contribution in [2.24, 2.45) is 5.73 Å². The van der Waals surface area contributed by atoms with Gasteiger partial charge >= 0.3 is 0 Å². The summed E-state index contributed by atoms with van der Waals surface area (Å²) in [6.07, 6.45) is 1.92. The van der Waals surface area contributed by atoms with Crippen molar-refractivity contribution >= 4 is 43.4 Å². The molecule has 0 aliphatic carbocycles. The summed E-state index contributed by atoms with van der Waals surface area (Å²) in [4.78, 5) is 1.23. The maximum Gasteiger partial charge on any atom is 0.157 e. The van der Waals surface area contributed by atoms with Gasteiger partial charge in [0.15, 0.2) is 5.01 Å².